The van der Waals surface area contributed by atoms with E-state index < -0.39 is 0 Å². The van der Waals surface area contributed by atoms with Crippen LogP contribution in [0.1, 0.15) is 89.2 Å². The van der Waals surface area contributed by atoms with Crippen molar-refractivity contribution in [1.82, 2.24) is 4.90 Å². The van der Waals surface area contributed by atoms with Crippen molar-refractivity contribution in [2.45, 2.75) is 91.0 Å². The van der Waals surface area contributed by atoms with Crippen LogP contribution in [0.4, 0.5) is 5.69 Å². The summed E-state index contributed by atoms with van der Waals surface area (Å²) in [5.41, 5.74) is 4.24. The fraction of sp³-hybridized carbons (Fsp3) is 0.516. The minimum Gasteiger partial charge on any atom is -0.492 e. The number of unbranched alkanes of at least 4 members (excludes halogenated alkanes) is 9. The number of nitrogens with one attached hydrogen (secondary N) is 1. The first-order valence-corrected chi connectivity index (χ1v) is 15.3. The Bertz CT molecular complexity index is 993. The summed E-state index contributed by atoms with van der Waals surface area (Å²) in [6.45, 7) is 5.94. The average Bonchev–Trinajstić information content (AvgIpc) is 3.29. The molecule has 1 aliphatic heterocycles. The van der Waals surface area contributed by atoms with Crippen LogP contribution in [0.2, 0.25) is 5.02 Å². The summed E-state index contributed by atoms with van der Waals surface area (Å²) in [5, 5.41) is 5.79. The molecule has 1 aliphatic rings. The Labute approximate surface area is 233 Å². The molecule has 1 heterocycles. The number of ether oxygens (including phenoxy) is 1. The van der Waals surface area contributed by atoms with E-state index in [4.69, 9.17) is 16.3 Å². The molecule has 4 nitrogen and oxygen atoms in total. The number of allylic oxidation sites excluding steroid dienone is 1. The molecule has 202 valence electrons. The Kier molecular flexibility index (Phi) is 13.3. The van der Waals surface area contributed by atoms with Gasteiger partial charge in [0.05, 0.1) is 23.9 Å². The molecule has 0 fully saturated rings. The van der Waals surface area contributed by atoms with Crippen LogP contribution in [0, 0.1) is 0 Å². The number of carbonyl (C=O) groups excluding carboxylic acids is 1. The summed E-state index contributed by atoms with van der Waals surface area (Å²) in [6, 6.07) is 13.7. The van der Waals surface area contributed by atoms with Gasteiger partial charge in [-0.2, -0.15) is 0 Å². The second-order valence-corrected chi connectivity index (χ2v) is 11.2. The lowest BCUT2D eigenvalue weighted by Crippen LogP contribution is -2.17. The van der Waals surface area contributed by atoms with Crippen molar-refractivity contribution < 1.29 is 9.53 Å². The van der Waals surface area contributed by atoms with Gasteiger partial charge in [-0.3, -0.25) is 4.79 Å². The predicted molar refractivity (Wildman–Crippen MR) is 159 cm³/mol. The smallest absolute Gasteiger partial charge is 0.228 e. The van der Waals surface area contributed by atoms with Gasteiger partial charge in [-0.1, -0.05) is 94.5 Å². The van der Waals surface area contributed by atoms with Gasteiger partial charge >= 0.3 is 0 Å². The SMILES string of the molecule is CCCCCCCCCCCCOc1cc(CC(=O)Nc2ccc(CN3CSC=C3C)cc2)ccc1Cl. The highest BCUT2D eigenvalue weighted by molar-refractivity contribution is 8.02. The van der Waals surface area contributed by atoms with Gasteiger partial charge in [0.2, 0.25) is 5.91 Å². The van der Waals surface area contributed by atoms with Crippen molar-refractivity contribution in [3.8, 4) is 5.75 Å². The Morgan fingerprint density at radius 3 is 2.24 bits per heavy atom. The lowest BCUT2D eigenvalue weighted by atomic mass is 10.1. The maximum Gasteiger partial charge on any atom is 0.228 e. The number of benzene rings is 2. The number of thioether (sulfide) groups is 1. The first-order valence-electron chi connectivity index (χ1n) is 13.9. The molecule has 0 bridgehead atoms. The van der Waals surface area contributed by atoms with E-state index in [-0.39, 0.29) is 12.3 Å². The minimum atomic E-state index is -0.0505. The van der Waals surface area contributed by atoms with Crippen LogP contribution in [0.3, 0.4) is 0 Å². The van der Waals surface area contributed by atoms with Crippen LogP contribution in [-0.4, -0.2) is 23.3 Å². The topological polar surface area (TPSA) is 41.6 Å². The fourth-order valence-electron chi connectivity index (χ4n) is 4.44. The molecule has 0 saturated carbocycles. The molecule has 0 aromatic heterocycles. The van der Waals surface area contributed by atoms with E-state index >= 15 is 0 Å². The van der Waals surface area contributed by atoms with Gasteiger partial charge in [0.15, 0.2) is 0 Å². The van der Waals surface area contributed by atoms with E-state index in [2.05, 4.69) is 41.6 Å². The van der Waals surface area contributed by atoms with Crippen LogP contribution >= 0.6 is 23.4 Å². The predicted octanol–water partition coefficient (Wildman–Crippen LogP) is 9.19. The second kappa shape index (κ2) is 16.7. The molecule has 0 saturated heterocycles. The van der Waals surface area contributed by atoms with E-state index in [1.807, 2.05) is 42.1 Å². The Morgan fingerprint density at radius 1 is 0.946 bits per heavy atom. The van der Waals surface area contributed by atoms with E-state index in [0.29, 0.717) is 17.4 Å². The molecule has 0 spiro atoms. The molecule has 37 heavy (non-hydrogen) atoms. The highest BCUT2D eigenvalue weighted by atomic mass is 35.5. The van der Waals surface area contributed by atoms with E-state index in [1.54, 1.807) is 0 Å². The number of nitrogens with zero attached hydrogens (tertiary/aromatic N) is 1. The van der Waals surface area contributed by atoms with Crippen LogP contribution in [-0.2, 0) is 17.8 Å². The molecule has 3 rings (SSSR count). The van der Waals surface area contributed by atoms with Gasteiger partial charge in [0, 0.05) is 17.9 Å². The lowest BCUT2D eigenvalue weighted by molar-refractivity contribution is -0.115. The molecule has 1 amide bonds. The second-order valence-electron chi connectivity index (χ2n) is 9.97. The highest BCUT2D eigenvalue weighted by Gasteiger charge is 2.12. The maximum atomic E-state index is 12.6. The fourth-order valence-corrected chi connectivity index (χ4v) is 5.55. The molecular weight excluding hydrogens is 500 g/mol. The summed E-state index contributed by atoms with van der Waals surface area (Å²) >= 11 is 8.17. The molecule has 2 aromatic carbocycles. The lowest BCUT2D eigenvalue weighted by Gasteiger charge is -2.19. The normalized spacial score (nSPS) is 13.1. The Balaban J connectivity index is 1.35. The number of amides is 1. The molecular formula is C31H43ClN2O2S. The first-order chi connectivity index (χ1) is 18.0. The third-order valence-corrected chi connectivity index (χ3v) is 7.99. The zero-order valence-electron chi connectivity index (χ0n) is 22.6. The Hall–Kier alpha value is -2.11. The summed E-state index contributed by atoms with van der Waals surface area (Å²) < 4.78 is 5.95. The maximum absolute atomic E-state index is 12.6. The molecule has 0 aliphatic carbocycles. The van der Waals surface area contributed by atoms with Gasteiger partial charge in [-0.15, -0.1) is 11.8 Å². The van der Waals surface area contributed by atoms with E-state index in [0.717, 1.165) is 30.1 Å². The third kappa shape index (κ3) is 11.0. The molecule has 6 heteroatoms. The number of hydrogen-bond acceptors (Lipinski definition) is 4. The van der Waals surface area contributed by atoms with Gasteiger partial charge in [-0.25, -0.2) is 0 Å². The van der Waals surface area contributed by atoms with Crippen molar-refractivity contribution in [3.05, 3.63) is 69.7 Å². The van der Waals surface area contributed by atoms with Crippen molar-refractivity contribution in [1.29, 1.82) is 0 Å². The molecule has 0 unspecified atom stereocenters. The molecule has 2 aromatic rings. The number of carbonyl (C=O) groups is 1. The molecule has 0 atom stereocenters. The largest absolute Gasteiger partial charge is 0.492 e. The minimum absolute atomic E-state index is 0.0505. The van der Waals surface area contributed by atoms with Crippen molar-refractivity contribution in [3.63, 3.8) is 0 Å². The molecule has 0 radical (unpaired) electrons. The number of halogens is 1. The van der Waals surface area contributed by atoms with E-state index in [1.165, 1.54) is 69.0 Å². The van der Waals surface area contributed by atoms with Crippen molar-refractivity contribution >= 4 is 35.0 Å². The summed E-state index contributed by atoms with van der Waals surface area (Å²) in [5.74, 6) is 1.61. The summed E-state index contributed by atoms with van der Waals surface area (Å²) in [7, 11) is 0. The highest BCUT2D eigenvalue weighted by Crippen LogP contribution is 2.27. The van der Waals surface area contributed by atoms with Crippen LogP contribution in [0.15, 0.2) is 53.6 Å². The number of anilines is 1. The molecule has 1 N–H and O–H groups in total. The average molecular weight is 543 g/mol. The summed E-state index contributed by atoms with van der Waals surface area (Å²) in [4.78, 5) is 15.0. The van der Waals surface area contributed by atoms with Gasteiger partial charge in [-0.05, 0) is 54.1 Å². The quantitative estimate of drug-likeness (QED) is 0.202. The van der Waals surface area contributed by atoms with E-state index in [9.17, 15) is 4.79 Å². The van der Waals surface area contributed by atoms with Crippen LogP contribution in [0.25, 0.3) is 0 Å². The van der Waals surface area contributed by atoms with Gasteiger partial charge < -0.3 is 15.0 Å². The van der Waals surface area contributed by atoms with Crippen molar-refractivity contribution in [2.75, 3.05) is 17.8 Å². The standard InChI is InChI=1S/C31H43ClN2O2S/c1-3-4-5-6-7-8-9-10-11-12-19-36-30-20-27(15-18-29(30)32)21-31(35)33-28-16-13-26(14-17-28)22-34-24-37-23-25(34)2/h13-18,20,23H,3-12,19,21-22,24H2,1-2H3,(H,33,35). The number of rotatable bonds is 17. The van der Waals surface area contributed by atoms with Gasteiger partial charge in [0.25, 0.3) is 0 Å². The van der Waals surface area contributed by atoms with Crippen LogP contribution < -0.4 is 10.1 Å². The zero-order valence-corrected chi connectivity index (χ0v) is 24.1. The van der Waals surface area contributed by atoms with Crippen LogP contribution in [0.5, 0.6) is 5.75 Å². The summed E-state index contributed by atoms with van der Waals surface area (Å²) in [6.07, 6.45) is 13.2. The zero-order chi connectivity index (χ0) is 26.3. The van der Waals surface area contributed by atoms with Gasteiger partial charge in [0.1, 0.15) is 5.75 Å². The van der Waals surface area contributed by atoms with Crippen molar-refractivity contribution in [2.24, 2.45) is 0 Å². The third-order valence-electron chi connectivity index (χ3n) is 6.71. The monoisotopic (exact) mass is 542 g/mol. The first kappa shape index (κ1) is 29.4. The Morgan fingerprint density at radius 2 is 1.59 bits per heavy atom. The number of hydrogen-bond donors (Lipinski definition) is 1.